The second-order valence-corrected chi connectivity index (χ2v) is 6.25. The van der Waals surface area contributed by atoms with Crippen molar-refractivity contribution in [3.8, 4) is 0 Å². The van der Waals surface area contributed by atoms with Gasteiger partial charge in [0, 0.05) is 25.5 Å². The summed E-state index contributed by atoms with van der Waals surface area (Å²) >= 11 is 1.64. The van der Waals surface area contributed by atoms with Crippen molar-refractivity contribution in [1.29, 1.82) is 0 Å². The summed E-state index contributed by atoms with van der Waals surface area (Å²) in [7, 11) is 1.97. The molecule has 1 amide bonds. The maximum absolute atomic E-state index is 11.8. The number of thiazole rings is 1. The van der Waals surface area contributed by atoms with Gasteiger partial charge in [-0.1, -0.05) is 0 Å². The second-order valence-electron chi connectivity index (χ2n) is 5.18. The van der Waals surface area contributed by atoms with Crippen LogP contribution >= 0.6 is 11.3 Å². The predicted molar refractivity (Wildman–Crippen MR) is 95.3 cm³/mol. The number of aliphatic imine (C=N–C) groups is 1. The standard InChI is InChI=1S/C16H23N5O2S/c1-4-17-16(21(3)10-13-11-24-12(2)20-13)19-8-7-18-15(22)14-6-5-9-23-14/h5-6,9,11H,4,7-8,10H2,1-3H3,(H,17,19)(H,18,22). The Labute approximate surface area is 145 Å². The van der Waals surface area contributed by atoms with E-state index in [0.29, 0.717) is 25.4 Å². The summed E-state index contributed by atoms with van der Waals surface area (Å²) in [6.07, 6.45) is 1.48. The molecule has 0 atom stereocenters. The summed E-state index contributed by atoms with van der Waals surface area (Å²) in [6.45, 7) is 6.41. The van der Waals surface area contributed by atoms with Crippen LogP contribution in [0.1, 0.15) is 28.2 Å². The molecule has 2 aromatic rings. The van der Waals surface area contributed by atoms with Crippen molar-refractivity contribution in [1.82, 2.24) is 20.5 Å². The number of aromatic nitrogens is 1. The van der Waals surface area contributed by atoms with E-state index < -0.39 is 0 Å². The summed E-state index contributed by atoms with van der Waals surface area (Å²) in [5, 5.41) is 9.13. The molecule has 2 heterocycles. The second kappa shape index (κ2) is 9.07. The fourth-order valence-electron chi connectivity index (χ4n) is 2.09. The van der Waals surface area contributed by atoms with Crippen LogP contribution in [-0.2, 0) is 6.54 Å². The summed E-state index contributed by atoms with van der Waals surface area (Å²) in [4.78, 5) is 22.8. The van der Waals surface area contributed by atoms with E-state index in [-0.39, 0.29) is 5.91 Å². The summed E-state index contributed by atoms with van der Waals surface area (Å²) in [5.74, 6) is 0.865. The van der Waals surface area contributed by atoms with Crippen molar-refractivity contribution >= 4 is 23.2 Å². The van der Waals surface area contributed by atoms with Crippen molar-refractivity contribution in [2.24, 2.45) is 4.99 Å². The van der Waals surface area contributed by atoms with Crippen LogP contribution in [0.25, 0.3) is 0 Å². The van der Waals surface area contributed by atoms with Gasteiger partial charge in [-0.25, -0.2) is 4.98 Å². The average Bonchev–Trinajstić information content (AvgIpc) is 3.22. The maximum Gasteiger partial charge on any atom is 0.287 e. The monoisotopic (exact) mass is 349 g/mol. The van der Waals surface area contributed by atoms with Crippen molar-refractivity contribution in [2.75, 3.05) is 26.7 Å². The van der Waals surface area contributed by atoms with E-state index in [2.05, 4.69) is 26.0 Å². The SMILES string of the molecule is CCNC(=NCCNC(=O)c1ccco1)N(C)Cc1csc(C)n1. The van der Waals surface area contributed by atoms with Crippen LogP contribution in [0.5, 0.6) is 0 Å². The quantitative estimate of drug-likeness (QED) is 0.453. The lowest BCUT2D eigenvalue weighted by Crippen LogP contribution is -2.39. The molecule has 0 spiro atoms. The maximum atomic E-state index is 11.8. The van der Waals surface area contributed by atoms with Crippen LogP contribution in [0.15, 0.2) is 33.2 Å². The molecule has 130 valence electrons. The average molecular weight is 349 g/mol. The zero-order chi connectivity index (χ0) is 17.4. The molecule has 0 aromatic carbocycles. The van der Waals surface area contributed by atoms with Crippen LogP contribution in [0, 0.1) is 6.92 Å². The van der Waals surface area contributed by atoms with Gasteiger partial charge in [-0.3, -0.25) is 9.79 Å². The molecule has 0 unspecified atom stereocenters. The normalized spacial score (nSPS) is 11.4. The van der Waals surface area contributed by atoms with E-state index in [1.165, 1.54) is 6.26 Å². The van der Waals surface area contributed by atoms with Crippen molar-refractivity contribution in [3.63, 3.8) is 0 Å². The lowest BCUT2D eigenvalue weighted by atomic mass is 10.4. The van der Waals surface area contributed by atoms with Gasteiger partial charge < -0.3 is 20.0 Å². The van der Waals surface area contributed by atoms with Gasteiger partial charge in [-0.05, 0) is 26.0 Å². The molecule has 0 fully saturated rings. The Morgan fingerprint density at radius 2 is 2.29 bits per heavy atom. The Bertz CT molecular complexity index is 666. The van der Waals surface area contributed by atoms with E-state index in [1.54, 1.807) is 23.5 Å². The first-order chi connectivity index (χ1) is 11.6. The van der Waals surface area contributed by atoms with Crippen molar-refractivity contribution in [2.45, 2.75) is 20.4 Å². The fourth-order valence-corrected chi connectivity index (χ4v) is 2.70. The van der Waals surface area contributed by atoms with Crippen LogP contribution in [0.4, 0.5) is 0 Å². The topological polar surface area (TPSA) is 82.8 Å². The van der Waals surface area contributed by atoms with E-state index >= 15 is 0 Å². The smallest absolute Gasteiger partial charge is 0.287 e. The molecule has 2 aromatic heterocycles. The Morgan fingerprint density at radius 3 is 2.92 bits per heavy atom. The molecule has 2 N–H and O–H groups in total. The van der Waals surface area contributed by atoms with Gasteiger partial charge in [-0.15, -0.1) is 11.3 Å². The molecule has 2 rings (SSSR count). The molecule has 0 saturated heterocycles. The molecule has 0 bridgehead atoms. The first-order valence-electron chi connectivity index (χ1n) is 7.82. The minimum Gasteiger partial charge on any atom is -0.459 e. The number of nitrogens with zero attached hydrogens (tertiary/aromatic N) is 3. The summed E-state index contributed by atoms with van der Waals surface area (Å²) in [5.41, 5.74) is 1.02. The first kappa shape index (κ1) is 18.0. The zero-order valence-corrected chi connectivity index (χ0v) is 15.0. The summed E-state index contributed by atoms with van der Waals surface area (Å²) < 4.78 is 5.04. The third-order valence-corrected chi connectivity index (χ3v) is 3.99. The number of nitrogens with one attached hydrogen (secondary N) is 2. The molecule has 0 aliphatic rings. The minimum absolute atomic E-state index is 0.230. The molecule has 0 radical (unpaired) electrons. The Morgan fingerprint density at radius 1 is 1.46 bits per heavy atom. The lowest BCUT2D eigenvalue weighted by Gasteiger charge is -2.21. The number of guanidine groups is 1. The van der Waals surface area contributed by atoms with E-state index in [1.807, 2.05) is 25.8 Å². The third-order valence-electron chi connectivity index (χ3n) is 3.17. The number of aryl methyl sites for hydroxylation is 1. The predicted octanol–water partition coefficient (Wildman–Crippen LogP) is 1.87. The largest absolute Gasteiger partial charge is 0.459 e. The Balaban J connectivity index is 1.84. The van der Waals surface area contributed by atoms with Gasteiger partial charge in [0.1, 0.15) is 0 Å². The number of rotatable bonds is 7. The van der Waals surface area contributed by atoms with Crippen LogP contribution in [0.2, 0.25) is 0 Å². The highest BCUT2D eigenvalue weighted by Gasteiger charge is 2.09. The van der Waals surface area contributed by atoms with Crippen LogP contribution in [-0.4, -0.2) is 48.4 Å². The van der Waals surface area contributed by atoms with Crippen molar-refractivity contribution in [3.05, 3.63) is 40.2 Å². The number of hydrogen-bond acceptors (Lipinski definition) is 5. The lowest BCUT2D eigenvalue weighted by molar-refractivity contribution is 0.0927. The Hall–Kier alpha value is -2.35. The van der Waals surface area contributed by atoms with Gasteiger partial charge in [0.2, 0.25) is 0 Å². The highest BCUT2D eigenvalue weighted by Crippen LogP contribution is 2.09. The molecule has 0 aliphatic heterocycles. The van der Waals surface area contributed by atoms with Gasteiger partial charge in [-0.2, -0.15) is 0 Å². The minimum atomic E-state index is -0.230. The first-order valence-corrected chi connectivity index (χ1v) is 8.70. The fraction of sp³-hybridized carbons (Fsp3) is 0.438. The van der Waals surface area contributed by atoms with Gasteiger partial charge in [0.15, 0.2) is 11.7 Å². The number of hydrogen-bond donors (Lipinski definition) is 2. The highest BCUT2D eigenvalue weighted by atomic mass is 32.1. The number of carbonyl (C=O) groups excluding carboxylic acids is 1. The molecule has 0 saturated carbocycles. The highest BCUT2D eigenvalue weighted by molar-refractivity contribution is 7.09. The van der Waals surface area contributed by atoms with Crippen LogP contribution in [0.3, 0.4) is 0 Å². The summed E-state index contributed by atoms with van der Waals surface area (Å²) in [6, 6.07) is 3.32. The molecule has 7 nitrogen and oxygen atoms in total. The van der Waals surface area contributed by atoms with Gasteiger partial charge in [0.05, 0.1) is 30.1 Å². The van der Waals surface area contributed by atoms with Gasteiger partial charge in [0.25, 0.3) is 5.91 Å². The van der Waals surface area contributed by atoms with Crippen LogP contribution < -0.4 is 10.6 Å². The van der Waals surface area contributed by atoms with Crippen molar-refractivity contribution < 1.29 is 9.21 Å². The van der Waals surface area contributed by atoms with E-state index in [9.17, 15) is 4.79 Å². The zero-order valence-electron chi connectivity index (χ0n) is 14.2. The molecular weight excluding hydrogens is 326 g/mol. The number of furan rings is 1. The number of carbonyl (C=O) groups is 1. The van der Waals surface area contributed by atoms with E-state index in [0.717, 1.165) is 23.2 Å². The number of amides is 1. The third kappa shape index (κ3) is 5.38. The van der Waals surface area contributed by atoms with E-state index in [4.69, 9.17) is 4.42 Å². The molecule has 8 heteroatoms. The Kier molecular flexibility index (Phi) is 6.80. The van der Waals surface area contributed by atoms with Gasteiger partial charge >= 0.3 is 0 Å². The molecule has 24 heavy (non-hydrogen) atoms. The molecule has 0 aliphatic carbocycles. The molecular formula is C16H23N5O2S.